The van der Waals surface area contributed by atoms with Crippen molar-refractivity contribution in [3.63, 3.8) is 0 Å². The molecule has 0 bridgehead atoms. The van der Waals surface area contributed by atoms with Crippen LogP contribution < -0.4 is 10.1 Å². The standard InChI is InChI=1S/C20H25NO4S/c1-5-25-18-10-6-16(7-11-18)15(4)21-20(22)17-8-12-19(13-9-17)26(23,24)14(2)3/h6-15H,5H2,1-4H3,(H,21,22). The summed E-state index contributed by atoms with van der Waals surface area (Å²) in [5.41, 5.74) is 1.38. The van der Waals surface area contributed by atoms with Crippen molar-refractivity contribution in [1.29, 1.82) is 0 Å². The van der Waals surface area contributed by atoms with Crippen molar-refractivity contribution in [3.05, 3.63) is 59.7 Å². The molecule has 1 unspecified atom stereocenters. The third-order valence-corrected chi connectivity index (χ3v) is 6.27. The summed E-state index contributed by atoms with van der Waals surface area (Å²) in [6, 6.07) is 13.4. The molecule has 2 rings (SSSR count). The van der Waals surface area contributed by atoms with Crippen molar-refractivity contribution in [2.75, 3.05) is 6.61 Å². The molecule has 2 aromatic carbocycles. The fourth-order valence-electron chi connectivity index (χ4n) is 2.45. The van der Waals surface area contributed by atoms with Crippen molar-refractivity contribution in [2.24, 2.45) is 0 Å². The lowest BCUT2D eigenvalue weighted by molar-refractivity contribution is 0.0940. The van der Waals surface area contributed by atoms with Crippen molar-refractivity contribution in [1.82, 2.24) is 5.32 Å². The Labute approximate surface area is 155 Å². The van der Waals surface area contributed by atoms with Gasteiger partial charge in [-0.3, -0.25) is 4.79 Å². The summed E-state index contributed by atoms with van der Waals surface area (Å²) in [4.78, 5) is 12.6. The molecule has 0 aliphatic rings. The molecule has 0 aromatic heterocycles. The van der Waals surface area contributed by atoms with Crippen LogP contribution in [0.4, 0.5) is 0 Å². The number of rotatable bonds is 7. The summed E-state index contributed by atoms with van der Waals surface area (Å²) in [6.07, 6.45) is 0. The van der Waals surface area contributed by atoms with E-state index in [1.54, 1.807) is 13.8 Å². The van der Waals surface area contributed by atoms with E-state index in [1.165, 1.54) is 24.3 Å². The van der Waals surface area contributed by atoms with Gasteiger partial charge in [-0.05, 0) is 69.7 Å². The number of ether oxygens (including phenoxy) is 1. The number of carbonyl (C=O) groups is 1. The van der Waals surface area contributed by atoms with Gasteiger partial charge in [-0.1, -0.05) is 12.1 Å². The van der Waals surface area contributed by atoms with E-state index in [9.17, 15) is 13.2 Å². The Balaban J connectivity index is 2.07. The Morgan fingerprint density at radius 2 is 1.58 bits per heavy atom. The number of benzene rings is 2. The van der Waals surface area contributed by atoms with Crippen LogP contribution in [0.3, 0.4) is 0 Å². The normalized spacial score (nSPS) is 12.7. The molecule has 140 valence electrons. The van der Waals surface area contributed by atoms with Gasteiger partial charge in [0.2, 0.25) is 0 Å². The summed E-state index contributed by atoms with van der Waals surface area (Å²) in [6.45, 7) is 7.69. The van der Waals surface area contributed by atoms with E-state index in [0.29, 0.717) is 12.2 Å². The first-order chi connectivity index (χ1) is 12.3. The van der Waals surface area contributed by atoms with E-state index in [-0.39, 0.29) is 16.8 Å². The molecule has 1 atom stereocenters. The van der Waals surface area contributed by atoms with E-state index in [1.807, 2.05) is 38.1 Å². The Morgan fingerprint density at radius 1 is 1.00 bits per heavy atom. The molecule has 0 fully saturated rings. The number of carbonyl (C=O) groups excluding carboxylic acids is 1. The minimum Gasteiger partial charge on any atom is -0.494 e. The number of nitrogens with one attached hydrogen (secondary N) is 1. The highest BCUT2D eigenvalue weighted by atomic mass is 32.2. The van der Waals surface area contributed by atoms with Crippen LogP contribution in [0.5, 0.6) is 5.75 Å². The lowest BCUT2D eigenvalue weighted by Crippen LogP contribution is -2.26. The van der Waals surface area contributed by atoms with Crippen LogP contribution in [0, 0.1) is 0 Å². The van der Waals surface area contributed by atoms with E-state index in [0.717, 1.165) is 11.3 Å². The predicted octanol–water partition coefficient (Wildman–Crippen LogP) is 3.76. The first-order valence-electron chi connectivity index (χ1n) is 8.63. The van der Waals surface area contributed by atoms with Gasteiger partial charge in [0.1, 0.15) is 5.75 Å². The van der Waals surface area contributed by atoms with Gasteiger partial charge >= 0.3 is 0 Å². The highest BCUT2D eigenvalue weighted by Crippen LogP contribution is 2.19. The van der Waals surface area contributed by atoms with Gasteiger partial charge in [-0.2, -0.15) is 0 Å². The second-order valence-corrected chi connectivity index (χ2v) is 8.82. The summed E-state index contributed by atoms with van der Waals surface area (Å²) in [7, 11) is -3.34. The Kier molecular flexibility index (Phi) is 6.42. The molecule has 1 amide bonds. The third kappa shape index (κ3) is 4.64. The highest BCUT2D eigenvalue weighted by Gasteiger charge is 2.19. The van der Waals surface area contributed by atoms with E-state index >= 15 is 0 Å². The fourth-order valence-corrected chi connectivity index (χ4v) is 3.51. The van der Waals surface area contributed by atoms with Crippen molar-refractivity contribution in [3.8, 4) is 5.75 Å². The summed E-state index contributed by atoms with van der Waals surface area (Å²) in [5.74, 6) is 0.539. The maximum atomic E-state index is 12.4. The third-order valence-electron chi connectivity index (χ3n) is 4.10. The molecule has 0 spiro atoms. The molecule has 0 saturated heterocycles. The smallest absolute Gasteiger partial charge is 0.251 e. The summed E-state index contributed by atoms with van der Waals surface area (Å²) in [5, 5.41) is 2.42. The lowest BCUT2D eigenvalue weighted by atomic mass is 10.1. The molecule has 0 radical (unpaired) electrons. The largest absolute Gasteiger partial charge is 0.494 e. The van der Waals surface area contributed by atoms with E-state index < -0.39 is 15.1 Å². The molecule has 2 aromatic rings. The van der Waals surface area contributed by atoms with Crippen LogP contribution in [0.15, 0.2) is 53.4 Å². The zero-order valence-electron chi connectivity index (χ0n) is 15.5. The fraction of sp³-hybridized carbons (Fsp3) is 0.350. The average Bonchev–Trinajstić information content (AvgIpc) is 2.62. The Hall–Kier alpha value is -2.34. The second-order valence-electron chi connectivity index (χ2n) is 6.32. The average molecular weight is 375 g/mol. The zero-order valence-corrected chi connectivity index (χ0v) is 16.3. The minimum atomic E-state index is -3.34. The lowest BCUT2D eigenvalue weighted by Gasteiger charge is -2.15. The molecule has 0 heterocycles. The Bertz CT molecular complexity index is 840. The quantitative estimate of drug-likeness (QED) is 0.800. The number of sulfone groups is 1. The molecular weight excluding hydrogens is 350 g/mol. The molecule has 26 heavy (non-hydrogen) atoms. The van der Waals surface area contributed by atoms with Crippen LogP contribution in [-0.4, -0.2) is 26.2 Å². The van der Waals surface area contributed by atoms with Gasteiger partial charge in [0.05, 0.1) is 22.8 Å². The van der Waals surface area contributed by atoms with Gasteiger partial charge in [0.15, 0.2) is 9.84 Å². The van der Waals surface area contributed by atoms with Crippen molar-refractivity contribution >= 4 is 15.7 Å². The predicted molar refractivity (Wildman–Crippen MR) is 102 cm³/mol. The van der Waals surface area contributed by atoms with E-state index in [4.69, 9.17) is 4.74 Å². The maximum absolute atomic E-state index is 12.4. The molecule has 0 aliphatic carbocycles. The number of hydrogen-bond acceptors (Lipinski definition) is 4. The Morgan fingerprint density at radius 3 is 2.08 bits per heavy atom. The second kappa shape index (κ2) is 8.36. The highest BCUT2D eigenvalue weighted by molar-refractivity contribution is 7.92. The van der Waals surface area contributed by atoms with E-state index in [2.05, 4.69) is 5.32 Å². The van der Waals surface area contributed by atoms with Crippen LogP contribution in [0.1, 0.15) is 49.7 Å². The maximum Gasteiger partial charge on any atom is 0.251 e. The van der Waals surface area contributed by atoms with Gasteiger partial charge in [-0.25, -0.2) is 8.42 Å². The van der Waals surface area contributed by atoms with Crippen LogP contribution in [-0.2, 0) is 9.84 Å². The van der Waals surface area contributed by atoms with Gasteiger partial charge < -0.3 is 10.1 Å². The van der Waals surface area contributed by atoms with Crippen LogP contribution in [0.25, 0.3) is 0 Å². The van der Waals surface area contributed by atoms with Gasteiger partial charge in [0.25, 0.3) is 5.91 Å². The number of hydrogen-bond donors (Lipinski definition) is 1. The first kappa shape index (κ1) is 20.0. The molecule has 6 heteroatoms. The monoisotopic (exact) mass is 375 g/mol. The molecule has 0 saturated carbocycles. The van der Waals surface area contributed by atoms with Gasteiger partial charge in [-0.15, -0.1) is 0 Å². The number of amides is 1. The molecule has 0 aliphatic heterocycles. The topological polar surface area (TPSA) is 72.5 Å². The zero-order chi connectivity index (χ0) is 19.3. The SMILES string of the molecule is CCOc1ccc(C(C)NC(=O)c2ccc(S(=O)(=O)C(C)C)cc2)cc1. The van der Waals surface area contributed by atoms with Crippen molar-refractivity contribution < 1.29 is 17.9 Å². The minimum absolute atomic E-state index is 0.183. The van der Waals surface area contributed by atoms with Crippen molar-refractivity contribution in [2.45, 2.75) is 43.9 Å². The first-order valence-corrected chi connectivity index (χ1v) is 10.2. The van der Waals surface area contributed by atoms with Gasteiger partial charge in [0, 0.05) is 5.56 Å². The summed E-state index contributed by atoms with van der Waals surface area (Å²) >= 11 is 0. The summed E-state index contributed by atoms with van der Waals surface area (Å²) < 4.78 is 29.7. The molecule has 1 N–H and O–H groups in total. The molecular formula is C20H25NO4S. The molecule has 5 nitrogen and oxygen atoms in total. The van der Waals surface area contributed by atoms with Crippen LogP contribution >= 0.6 is 0 Å². The van der Waals surface area contributed by atoms with Crippen LogP contribution in [0.2, 0.25) is 0 Å².